The number of benzene rings is 1. The fourth-order valence-electron chi connectivity index (χ4n) is 1.16. The Balaban J connectivity index is 3.01. The summed E-state index contributed by atoms with van der Waals surface area (Å²) in [5.74, 6) is -1.95. The molecule has 1 rings (SSSR count). The normalized spacial score (nSPS) is 11.8. The molecule has 1 aromatic rings. The molecular weight excluding hydrogens is 238 g/mol. The third kappa shape index (κ3) is 3.58. The van der Waals surface area contributed by atoms with E-state index in [0.29, 0.717) is 12.1 Å². The summed E-state index contributed by atoms with van der Waals surface area (Å²) >= 11 is 0. The number of anilines is 1. The van der Waals surface area contributed by atoms with Gasteiger partial charge in [-0.1, -0.05) is 6.08 Å². The summed E-state index contributed by atoms with van der Waals surface area (Å²) in [7, 11) is 0. The number of halogens is 4. The van der Waals surface area contributed by atoms with E-state index in [4.69, 9.17) is 0 Å². The second-order valence-electron chi connectivity index (χ2n) is 3.18. The highest BCUT2D eigenvalue weighted by Gasteiger charge is 2.34. The van der Waals surface area contributed by atoms with Gasteiger partial charge >= 0.3 is 6.18 Å². The van der Waals surface area contributed by atoms with E-state index in [2.05, 4.69) is 5.32 Å². The van der Waals surface area contributed by atoms with Gasteiger partial charge in [0, 0.05) is 5.69 Å². The Morgan fingerprint density at radius 3 is 2.53 bits per heavy atom. The molecule has 0 spiro atoms. The quantitative estimate of drug-likeness (QED) is 0.630. The van der Waals surface area contributed by atoms with Gasteiger partial charge in [0.2, 0.25) is 5.91 Å². The smallest absolute Gasteiger partial charge is 0.323 e. The zero-order valence-corrected chi connectivity index (χ0v) is 8.81. The van der Waals surface area contributed by atoms with Crippen LogP contribution >= 0.6 is 0 Å². The van der Waals surface area contributed by atoms with Crippen LogP contribution in [0.2, 0.25) is 0 Å². The van der Waals surface area contributed by atoms with Gasteiger partial charge in [0.05, 0.1) is 5.56 Å². The summed E-state index contributed by atoms with van der Waals surface area (Å²) in [6.07, 6.45) is -2.20. The number of hydrogen-bond donors (Lipinski definition) is 1. The Hall–Kier alpha value is -1.85. The largest absolute Gasteiger partial charge is 0.419 e. The van der Waals surface area contributed by atoms with Gasteiger partial charge < -0.3 is 5.32 Å². The maximum absolute atomic E-state index is 12.9. The van der Waals surface area contributed by atoms with Crippen molar-refractivity contribution in [3.63, 3.8) is 0 Å². The first-order chi connectivity index (χ1) is 7.84. The molecule has 0 unspecified atom stereocenters. The van der Waals surface area contributed by atoms with E-state index in [1.165, 1.54) is 6.08 Å². The molecule has 1 amide bonds. The molecule has 0 saturated heterocycles. The molecule has 0 aliphatic carbocycles. The van der Waals surface area contributed by atoms with Crippen LogP contribution in [0.25, 0.3) is 0 Å². The Morgan fingerprint density at radius 2 is 2.00 bits per heavy atom. The van der Waals surface area contributed by atoms with Crippen LogP contribution in [0.4, 0.5) is 23.2 Å². The number of amides is 1. The molecule has 0 atom stereocenters. The lowest BCUT2D eigenvalue weighted by Crippen LogP contribution is -2.12. The zero-order chi connectivity index (χ0) is 13.1. The number of rotatable bonds is 2. The number of allylic oxidation sites excluding steroid dienone is 1. The highest BCUT2D eigenvalue weighted by molar-refractivity contribution is 5.99. The second-order valence-corrected chi connectivity index (χ2v) is 3.18. The van der Waals surface area contributed by atoms with E-state index in [1.807, 2.05) is 0 Å². The number of nitrogens with one attached hydrogen (secondary N) is 1. The van der Waals surface area contributed by atoms with Crippen molar-refractivity contribution in [1.82, 2.24) is 0 Å². The summed E-state index contributed by atoms with van der Waals surface area (Å²) in [5.41, 5.74) is -1.52. The molecule has 6 heteroatoms. The molecule has 2 nitrogen and oxygen atoms in total. The van der Waals surface area contributed by atoms with E-state index in [1.54, 1.807) is 6.92 Å². The SMILES string of the molecule is CC=CC(=O)Nc1ccc(F)c(C(F)(F)F)c1. The Labute approximate surface area is 94.9 Å². The van der Waals surface area contributed by atoms with Gasteiger partial charge in [-0.15, -0.1) is 0 Å². The van der Waals surface area contributed by atoms with Gasteiger partial charge in [-0.25, -0.2) is 4.39 Å². The molecule has 1 aromatic carbocycles. The van der Waals surface area contributed by atoms with E-state index < -0.39 is 23.5 Å². The van der Waals surface area contributed by atoms with Gasteiger partial charge in [0.15, 0.2) is 0 Å². The van der Waals surface area contributed by atoms with Crippen molar-refractivity contribution in [1.29, 1.82) is 0 Å². The Bertz CT molecular complexity index is 451. The van der Waals surface area contributed by atoms with Crippen LogP contribution in [-0.4, -0.2) is 5.91 Å². The summed E-state index contributed by atoms with van der Waals surface area (Å²) in [6, 6.07) is 2.27. The highest BCUT2D eigenvalue weighted by atomic mass is 19.4. The van der Waals surface area contributed by atoms with E-state index in [0.717, 1.165) is 12.1 Å². The van der Waals surface area contributed by atoms with Crippen molar-refractivity contribution >= 4 is 11.6 Å². The summed E-state index contributed by atoms with van der Waals surface area (Å²) in [5, 5.41) is 2.19. The molecule has 17 heavy (non-hydrogen) atoms. The molecule has 0 aliphatic rings. The number of carbonyl (C=O) groups is 1. The van der Waals surface area contributed by atoms with E-state index in [9.17, 15) is 22.4 Å². The summed E-state index contributed by atoms with van der Waals surface area (Å²) < 4.78 is 49.9. The Morgan fingerprint density at radius 1 is 1.35 bits per heavy atom. The van der Waals surface area contributed by atoms with Crippen LogP contribution in [0.15, 0.2) is 30.4 Å². The van der Waals surface area contributed by atoms with E-state index >= 15 is 0 Å². The molecule has 0 bridgehead atoms. The lowest BCUT2D eigenvalue weighted by atomic mass is 10.2. The number of hydrogen-bond acceptors (Lipinski definition) is 1. The third-order valence-electron chi connectivity index (χ3n) is 1.86. The minimum Gasteiger partial charge on any atom is -0.323 e. The Kier molecular flexibility index (Phi) is 3.88. The van der Waals surface area contributed by atoms with Crippen LogP contribution < -0.4 is 5.32 Å². The monoisotopic (exact) mass is 247 g/mol. The van der Waals surface area contributed by atoms with Crippen LogP contribution in [0.1, 0.15) is 12.5 Å². The molecule has 0 radical (unpaired) electrons. The maximum atomic E-state index is 12.9. The molecule has 0 saturated carbocycles. The first-order valence-corrected chi connectivity index (χ1v) is 4.65. The maximum Gasteiger partial charge on any atom is 0.419 e. The molecule has 92 valence electrons. The average molecular weight is 247 g/mol. The summed E-state index contributed by atoms with van der Waals surface area (Å²) in [4.78, 5) is 11.1. The van der Waals surface area contributed by atoms with Gasteiger partial charge in [0.1, 0.15) is 5.82 Å². The lowest BCUT2D eigenvalue weighted by molar-refractivity contribution is -0.140. The predicted molar refractivity (Wildman–Crippen MR) is 54.8 cm³/mol. The minimum atomic E-state index is -4.79. The highest BCUT2D eigenvalue weighted by Crippen LogP contribution is 2.32. The van der Waals surface area contributed by atoms with Crippen molar-refractivity contribution in [2.24, 2.45) is 0 Å². The second kappa shape index (κ2) is 4.99. The van der Waals surface area contributed by atoms with Gasteiger partial charge in [-0.2, -0.15) is 13.2 Å². The molecule has 0 aliphatic heterocycles. The lowest BCUT2D eigenvalue weighted by Gasteiger charge is -2.10. The van der Waals surface area contributed by atoms with Crippen LogP contribution in [-0.2, 0) is 11.0 Å². The number of alkyl halides is 3. The first-order valence-electron chi connectivity index (χ1n) is 4.65. The molecule has 0 heterocycles. The summed E-state index contributed by atoms with van der Waals surface area (Å²) in [6.45, 7) is 1.59. The molecular formula is C11H9F4NO. The average Bonchev–Trinajstić information content (AvgIpc) is 2.19. The fourth-order valence-corrected chi connectivity index (χ4v) is 1.16. The minimum absolute atomic E-state index is 0.109. The first kappa shape index (κ1) is 13.2. The van der Waals surface area contributed by atoms with Crippen LogP contribution in [0.5, 0.6) is 0 Å². The van der Waals surface area contributed by atoms with Crippen molar-refractivity contribution < 1.29 is 22.4 Å². The van der Waals surface area contributed by atoms with E-state index in [-0.39, 0.29) is 5.69 Å². The topological polar surface area (TPSA) is 29.1 Å². The van der Waals surface area contributed by atoms with Crippen molar-refractivity contribution in [3.8, 4) is 0 Å². The van der Waals surface area contributed by atoms with Crippen molar-refractivity contribution in [2.45, 2.75) is 13.1 Å². The van der Waals surface area contributed by atoms with Crippen molar-refractivity contribution in [3.05, 3.63) is 41.7 Å². The standard InChI is InChI=1S/C11H9F4NO/c1-2-3-10(17)16-7-4-5-9(12)8(6-7)11(13,14)15/h2-6H,1H3,(H,16,17). The molecule has 0 aromatic heterocycles. The van der Waals surface area contributed by atoms with Crippen LogP contribution in [0.3, 0.4) is 0 Å². The van der Waals surface area contributed by atoms with Crippen molar-refractivity contribution in [2.75, 3.05) is 5.32 Å². The fraction of sp³-hybridized carbons (Fsp3) is 0.182. The predicted octanol–water partition coefficient (Wildman–Crippen LogP) is 3.36. The molecule has 0 fully saturated rings. The van der Waals surface area contributed by atoms with Gasteiger partial charge in [-0.3, -0.25) is 4.79 Å². The third-order valence-corrected chi connectivity index (χ3v) is 1.86. The van der Waals surface area contributed by atoms with Gasteiger partial charge in [0.25, 0.3) is 0 Å². The number of carbonyl (C=O) groups excluding carboxylic acids is 1. The van der Waals surface area contributed by atoms with Crippen LogP contribution in [0, 0.1) is 5.82 Å². The zero-order valence-electron chi connectivity index (χ0n) is 8.81. The van der Waals surface area contributed by atoms with Gasteiger partial charge in [-0.05, 0) is 31.2 Å². The molecule has 1 N–H and O–H groups in total.